The summed E-state index contributed by atoms with van der Waals surface area (Å²) in [5, 5.41) is 14.2. The highest BCUT2D eigenvalue weighted by Gasteiger charge is 2.11. The monoisotopic (exact) mass is 296 g/mol. The van der Waals surface area contributed by atoms with Gasteiger partial charge in [0.2, 0.25) is 0 Å². The first-order chi connectivity index (χ1) is 10.1. The van der Waals surface area contributed by atoms with Crippen LogP contribution >= 0.6 is 0 Å². The van der Waals surface area contributed by atoms with Crippen LogP contribution in [0.2, 0.25) is 0 Å². The van der Waals surface area contributed by atoms with Gasteiger partial charge in [-0.2, -0.15) is 0 Å². The summed E-state index contributed by atoms with van der Waals surface area (Å²) in [7, 11) is 3.07. The number of ether oxygens (including phenoxy) is 2. The molecule has 0 aliphatic carbocycles. The number of hydrogen-bond acceptors (Lipinski definition) is 4. The predicted molar refractivity (Wildman–Crippen MR) is 78.1 cm³/mol. The van der Waals surface area contributed by atoms with Crippen molar-refractivity contribution in [3.8, 4) is 5.75 Å². The number of carbonyl (C=O) groups excluding carboxylic acids is 1. The normalized spacial score (nSPS) is 10.0. The van der Waals surface area contributed by atoms with Crippen LogP contribution < -0.4 is 15.4 Å². The third kappa shape index (κ3) is 5.70. The first-order valence-electron chi connectivity index (χ1n) is 6.53. The lowest BCUT2D eigenvalue weighted by molar-refractivity contribution is 0.0697. The molecule has 3 N–H and O–H groups in total. The van der Waals surface area contributed by atoms with Crippen molar-refractivity contribution in [2.75, 3.05) is 32.7 Å². The molecule has 7 nitrogen and oxygen atoms in total. The lowest BCUT2D eigenvalue weighted by atomic mass is 10.2. The second-order valence-electron chi connectivity index (χ2n) is 4.30. The number of hydrogen-bond donors (Lipinski definition) is 3. The molecule has 0 saturated carbocycles. The van der Waals surface area contributed by atoms with Crippen LogP contribution in [0.3, 0.4) is 0 Å². The van der Waals surface area contributed by atoms with Gasteiger partial charge in [0.25, 0.3) is 0 Å². The molecule has 0 atom stereocenters. The number of aromatic carboxylic acids is 1. The third-order valence-electron chi connectivity index (χ3n) is 2.76. The Morgan fingerprint density at radius 1 is 1.24 bits per heavy atom. The Kier molecular flexibility index (Phi) is 7.03. The highest BCUT2D eigenvalue weighted by molar-refractivity contribution is 5.94. The first kappa shape index (κ1) is 16.8. The molecule has 0 unspecified atom stereocenters. The Bertz CT molecular complexity index is 490. The molecule has 0 saturated heterocycles. The number of urea groups is 1. The van der Waals surface area contributed by atoms with Crippen LogP contribution in [0.5, 0.6) is 5.75 Å². The lowest BCUT2D eigenvalue weighted by Gasteiger charge is -2.12. The van der Waals surface area contributed by atoms with E-state index in [0.717, 1.165) is 12.8 Å². The van der Waals surface area contributed by atoms with Crippen LogP contribution in [-0.4, -0.2) is 44.5 Å². The number of methoxy groups -OCH3 is 2. The highest BCUT2D eigenvalue weighted by atomic mass is 16.5. The van der Waals surface area contributed by atoms with Crippen LogP contribution in [0.1, 0.15) is 23.2 Å². The molecular weight excluding hydrogens is 276 g/mol. The smallest absolute Gasteiger partial charge is 0.335 e. The maximum absolute atomic E-state index is 11.7. The van der Waals surface area contributed by atoms with Crippen molar-refractivity contribution in [1.82, 2.24) is 5.32 Å². The summed E-state index contributed by atoms with van der Waals surface area (Å²) >= 11 is 0. The molecule has 0 radical (unpaired) electrons. The largest absolute Gasteiger partial charge is 0.495 e. The summed E-state index contributed by atoms with van der Waals surface area (Å²) < 4.78 is 10.00. The van der Waals surface area contributed by atoms with E-state index in [1.807, 2.05) is 0 Å². The van der Waals surface area contributed by atoms with Crippen LogP contribution in [0.4, 0.5) is 10.5 Å². The van der Waals surface area contributed by atoms with E-state index in [-0.39, 0.29) is 5.56 Å². The van der Waals surface area contributed by atoms with Crippen molar-refractivity contribution in [1.29, 1.82) is 0 Å². The van der Waals surface area contributed by atoms with E-state index in [9.17, 15) is 9.59 Å². The van der Waals surface area contributed by atoms with Crippen molar-refractivity contribution in [3.05, 3.63) is 23.8 Å². The number of carboxylic acid groups (broad SMARTS) is 1. The molecule has 2 amide bonds. The highest BCUT2D eigenvalue weighted by Crippen LogP contribution is 2.25. The van der Waals surface area contributed by atoms with E-state index < -0.39 is 12.0 Å². The average molecular weight is 296 g/mol. The molecule has 0 heterocycles. The summed E-state index contributed by atoms with van der Waals surface area (Å²) in [6, 6.07) is 3.85. The molecular formula is C14H20N2O5. The lowest BCUT2D eigenvalue weighted by Crippen LogP contribution is -2.29. The zero-order valence-electron chi connectivity index (χ0n) is 12.1. The van der Waals surface area contributed by atoms with Crippen LogP contribution in [0.25, 0.3) is 0 Å². The molecule has 21 heavy (non-hydrogen) atoms. The number of amides is 2. The number of carboxylic acids is 1. The maximum Gasteiger partial charge on any atom is 0.335 e. The van der Waals surface area contributed by atoms with E-state index >= 15 is 0 Å². The zero-order valence-corrected chi connectivity index (χ0v) is 12.1. The van der Waals surface area contributed by atoms with Gasteiger partial charge in [-0.3, -0.25) is 0 Å². The van der Waals surface area contributed by atoms with Gasteiger partial charge in [0.1, 0.15) is 5.75 Å². The average Bonchev–Trinajstić information content (AvgIpc) is 2.46. The summed E-state index contributed by atoms with van der Waals surface area (Å²) in [6.07, 6.45) is 1.65. The second kappa shape index (κ2) is 8.80. The van der Waals surface area contributed by atoms with Crippen LogP contribution in [-0.2, 0) is 4.74 Å². The minimum absolute atomic E-state index is 0.0752. The number of benzene rings is 1. The van der Waals surface area contributed by atoms with E-state index in [4.69, 9.17) is 14.6 Å². The standard InChI is InChI=1S/C14H20N2O5/c1-20-8-4-3-7-15-14(19)16-11-9-10(13(17)18)5-6-12(11)21-2/h5-6,9H,3-4,7-8H2,1-2H3,(H,17,18)(H2,15,16,19). The van der Waals surface area contributed by atoms with Gasteiger partial charge < -0.3 is 25.2 Å². The Labute approximate surface area is 123 Å². The zero-order chi connectivity index (χ0) is 15.7. The number of nitrogens with one attached hydrogen (secondary N) is 2. The predicted octanol–water partition coefficient (Wildman–Crippen LogP) is 1.94. The minimum Gasteiger partial charge on any atom is -0.495 e. The first-order valence-corrected chi connectivity index (χ1v) is 6.53. The molecule has 0 fully saturated rings. The quantitative estimate of drug-likeness (QED) is 0.637. The van der Waals surface area contributed by atoms with Gasteiger partial charge in [0.15, 0.2) is 0 Å². The molecule has 0 spiro atoms. The van der Waals surface area contributed by atoms with E-state index in [1.54, 1.807) is 7.11 Å². The number of rotatable bonds is 8. The SMILES string of the molecule is COCCCCNC(=O)Nc1cc(C(=O)O)ccc1OC. The van der Waals surface area contributed by atoms with Crippen molar-refractivity contribution in [2.45, 2.75) is 12.8 Å². The third-order valence-corrected chi connectivity index (χ3v) is 2.76. The topological polar surface area (TPSA) is 96.9 Å². The molecule has 7 heteroatoms. The fraction of sp³-hybridized carbons (Fsp3) is 0.429. The van der Waals surface area contributed by atoms with Crippen molar-refractivity contribution < 1.29 is 24.2 Å². The summed E-state index contributed by atoms with van der Waals surface area (Å²) in [6.45, 7) is 1.16. The maximum atomic E-state index is 11.7. The molecule has 1 aromatic carbocycles. The minimum atomic E-state index is -1.07. The van der Waals surface area contributed by atoms with Gasteiger partial charge in [-0.15, -0.1) is 0 Å². The van der Waals surface area contributed by atoms with Gasteiger partial charge in [0.05, 0.1) is 18.4 Å². The molecule has 0 aliphatic rings. The van der Waals surface area contributed by atoms with Gasteiger partial charge in [-0.25, -0.2) is 9.59 Å². The molecule has 0 aromatic heterocycles. The van der Waals surface area contributed by atoms with Gasteiger partial charge in [-0.1, -0.05) is 0 Å². The van der Waals surface area contributed by atoms with Gasteiger partial charge >= 0.3 is 12.0 Å². The Balaban J connectivity index is 2.57. The molecule has 0 aliphatic heterocycles. The van der Waals surface area contributed by atoms with Crippen molar-refractivity contribution >= 4 is 17.7 Å². The summed E-state index contributed by atoms with van der Waals surface area (Å²) in [5.74, 6) is -0.671. The number of anilines is 1. The summed E-state index contributed by atoms with van der Waals surface area (Å²) in [4.78, 5) is 22.7. The second-order valence-corrected chi connectivity index (χ2v) is 4.30. The number of carbonyl (C=O) groups is 2. The van der Waals surface area contributed by atoms with Crippen LogP contribution in [0.15, 0.2) is 18.2 Å². The van der Waals surface area contributed by atoms with Crippen LogP contribution in [0, 0.1) is 0 Å². The van der Waals surface area contributed by atoms with E-state index in [2.05, 4.69) is 10.6 Å². The summed E-state index contributed by atoms with van der Waals surface area (Å²) in [5.41, 5.74) is 0.387. The van der Waals surface area contributed by atoms with E-state index in [0.29, 0.717) is 24.6 Å². The van der Waals surface area contributed by atoms with E-state index in [1.165, 1.54) is 25.3 Å². The fourth-order valence-corrected chi connectivity index (χ4v) is 1.68. The number of unbranched alkanes of at least 4 members (excludes halogenated alkanes) is 1. The molecule has 116 valence electrons. The van der Waals surface area contributed by atoms with Crippen molar-refractivity contribution in [2.24, 2.45) is 0 Å². The molecule has 1 rings (SSSR count). The van der Waals surface area contributed by atoms with Gasteiger partial charge in [-0.05, 0) is 31.0 Å². The van der Waals surface area contributed by atoms with Crippen molar-refractivity contribution in [3.63, 3.8) is 0 Å². The van der Waals surface area contributed by atoms with Gasteiger partial charge in [0, 0.05) is 20.3 Å². The Morgan fingerprint density at radius 2 is 2.00 bits per heavy atom. The molecule has 0 bridgehead atoms. The Morgan fingerprint density at radius 3 is 2.62 bits per heavy atom. The fourth-order valence-electron chi connectivity index (χ4n) is 1.68. The Hall–Kier alpha value is -2.28. The molecule has 1 aromatic rings.